The predicted octanol–water partition coefficient (Wildman–Crippen LogP) is 1.21. The lowest BCUT2D eigenvalue weighted by molar-refractivity contribution is 1.34. The maximum atomic E-state index is 3.97. The smallest absolute Gasteiger partial charge is 0.192 e. The van der Waals surface area contributed by atoms with Crippen LogP contribution in [0.25, 0.3) is 0 Å². The molecule has 0 radical (unpaired) electrons. The highest BCUT2D eigenvalue weighted by Crippen LogP contribution is 1.99. The van der Waals surface area contributed by atoms with Gasteiger partial charge in [-0.15, -0.1) is 0 Å². The van der Waals surface area contributed by atoms with Crippen molar-refractivity contribution in [3.05, 3.63) is 0 Å². The van der Waals surface area contributed by atoms with Crippen molar-refractivity contribution >= 4 is 26.4 Å². The van der Waals surface area contributed by atoms with E-state index < -0.39 is 0 Å². The van der Waals surface area contributed by atoms with Crippen molar-refractivity contribution in [1.82, 2.24) is 0 Å². The monoisotopic (exact) mass is 160 g/mol. The highest BCUT2D eigenvalue weighted by molar-refractivity contribution is 9.18. The van der Waals surface area contributed by atoms with E-state index in [2.05, 4.69) is 25.9 Å². The summed E-state index contributed by atoms with van der Waals surface area (Å²) >= 11 is 3.14. The van der Waals surface area contributed by atoms with Crippen LogP contribution in [0.3, 0.4) is 0 Å². The normalized spacial score (nSPS) is 19.1. The average Bonchev–Trinajstić information content (AvgIpc) is 1.87. The molecule has 2 nitrogen and oxygen atoms in total. The number of hydrogen-bond acceptors (Lipinski definition) is 2. The van der Waals surface area contributed by atoms with Gasteiger partial charge in [0, 0.05) is 5.71 Å². The fraction of sp³-hybridized carbons (Fsp3) is 0.500. The standard InChI is InChI=1S/C4H5BrN2/c1-3-2-6-4(5)7-3/h2H2,1H3. The third-order valence-corrected chi connectivity index (χ3v) is 1.15. The van der Waals surface area contributed by atoms with Crippen LogP contribution < -0.4 is 0 Å². The van der Waals surface area contributed by atoms with Crippen LogP contribution in [0.4, 0.5) is 0 Å². The zero-order valence-corrected chi connectivity index (χ0v) is 5.57. The predicted molar refractivity (Wildman–Crippen MR) is 34.3 cm³/mol. The van der Waals surface area contributed by atoms with Gasteiger partial charge >= 0.3 is 0 Å². The van der Waals surface area contributed by atoms with Crippen LogP contribution in [0.2, 0.25) is 0 Å². The summed E-state index contributed by atoms with van der Waals surface area (Å²) in [6.07, 6.45) is 0. The number of halogens is 1. The molecule has 0 spiro atoms. The highest BCUT2D eigenvalue weighted by atomic mass is 79.9. The van der Waals surface area contributed by atoms with Crippen LogP contribution in [-0.4, -0.2) is 17.0 Å². The molecular formula is C4H5BrN2. The van der Waals surface area contributed by atoms with Gasteiger partial charge in [0.2, 0.25) is 0 Å². The van der Waals surface area contributed by atoms with Gasteiger partial charge in [-0.2, -0.15) is 0 Å². The van der Waals surface area contributed by atoms with Crippen molar-refractivity contribution in [2.45, 2.75) is 6.92 Å². The van der Waals surface area contributed by atoms with Gasteiger partial charge in [0.05, 0.1) is 6.54 Å². The SMILES string of the molecule is CC1=NC(Br)=NC1. The molecular weight excluding hydrogens is 156 g/mol. The van der Waals surface area contributed by atoms with Gasteiger partial charge in [0.25, 0.3) is 0 Å². The first-order valence-corrected chi connectivity index (χ1v) is 2.82. The second kappa shape index (κ2) is 1.74. The van der Waals surface area contributed by atoms with Crippen LogP contribution in [0.15, 0.2) is 9.98 Å². The molecule has 0 saturated heterocycles. The Kier molecular flexibility index (Phi) is 1.23. The van der Waals surface area contributed by atoms with E-state index in [0.29, 0.717) is 0 Å². The molecule has 1 aliphatic heterocycles. The van der Waals surface area contributed by atoms with E-state index in [4.69, 9.17) is 0 Å². The molecule has 1 aliphatic rings. The second-order valence-corrected chi connectivity index (χ2v) is 2.14. The van der Waals surface area contributed by atoms with Gasteiger partial charge in [-0.3, -0.25) is 4.99 Å². The topological polar surface area (TPSA) is 24.7 Å². The van der Waals surface area contributed by atoms with E-state index in [9.17, 15) is 0 Å². The van der Waals surface area contributed by atoms with Crippen LogP contribution in [0, 0.1) is 0 Å². The Balaban J connectivity index is 2.69. The van der Waals surface area contributed by atoms with Crippen LogP contribution in [0.1, 0.15) is 6.92 Å². The fourth-order valence-corrected chi connectivity index (χ4v) is 0.836. The summed E-state index contributed by atoms with van der Waals surface area (Å²) < 4.78 is 0.727. The molecule has 0 amide bonds. The van der Waals surface area contributed by atoms with Gasteiger partial charge in [-0.25, -0.2) is 4.99 Å². The maximum Gasteiger partial charge on any atom is 0.192 e. The highest BCUT2D eigenvalue weighted by Gasteiger charge is 1.99. The number of hydrogen-bond donors (Lipinski definition) is 0. The molecule has 1 rings (SSSR count). The lowest BCUT2D eigenvalue weighted by Crippen LogP contribution is -1.87. The quantitative estimate of drug-likeness (QED) is 0.477. The second-order valence-electron chi connectivity index (χ2n) is 1.43. The third kappa shape index (κ3) is 1.09. The summed E-state index contributed by atoms with van der Waals surface area (Å²) in [7, 11) is 0. The van der Waals surface area contributed by atoms with E-state index in [1.165, 1.54) is 0 Å². The summed E-state index contributed by atoms with van der Waals surface area (Å²) in [5.41, 5.74) is 1.08. The molecule has 0 aliphatic carbocycles. The van der Waals surface area contributed by atoms with Gasteiger partial charge in [0.1, 0.15) is 0 Å². The lowest BCUT2D eigenvalue weighted by Gasteiger charge is -1.75. The third-order valence-electron chi connectivity index (χ3n) is 0.721. The average molecular weight is 161 g/mol. The number of nitrogens with zero attached hydrogens (tertiary/aromatic N) is 2. The minimum absolute atomic E-state index is 0.727. The van der Waals surface area contributed by atoms with Crippen LogP contribution in [0.5, 0.6) is 0 Å². The van der Waals surface area contributed by atoms with Gasteiger partial charge < -0.3 is 0 Å². The summed E-state index contributed by atoms with van der Waals surface area (Å²) in [6, 6.07) is 0. The zero-order chi connectivity index (χ0) is 5.28. The fourth-order valence-electron chi connectivity index (χ4n) is 0.408. The van der Waals surface area contributed by atoms with Crippen LogP contribution >= 0.6 is 15.9 Å². The van der Waals surface area contributed by atoms with Crippen LogP contribution in [-0.2, 0) is 0 Å². The first-order valence-electron chi connectivity index (χ1n) is 2.03. The maximum absolute atomic E-state index is 3.97. The van der Waals surface area contributed by atoms with Crippen molar-refractivity contribution in [3.8, 4) is 0 Å². The molecule has 38 valence electrons. The van der Waals surface area contributed by atoms with E-state index >= 15 is 0 Å². The van der Waals surface area contributed by atoms with E-state index in [0.717, 1.165) is 17.0 Å². The minimum atomic E-state index is 0.727. The minimum Gasteiger partial charge on any atom is -0.254 e. The molecule has 0 unspecified atom stereocenters. The molecule has 3 heteroatoms. The number of aliphatic imine (C=N–C) groups is 2. The van der Waals surface area contributed by atoms with Crippen molar-refractivity contribution in [2.75, 3.05) is 6.54 Å². The van der Waals surface area contributed by atoms with Gasteiger partial charge in [-0.1, -0.05) is 0 Å². The Morgan fingerprint density at radius 1 is 1.71 bits per heavy atom. The first-order chi connectivity index (χ1) is 3.29. The summed E-state index contributed by atoms with van der Waals surface area (Å²) in [4.78, 5) is 7.92. The molecule has 0 aromatic heterocycles. The lowest BCUT2D eigenvalue weighted by atomic mass is 10.4. The molecule has 0 fully saturated rings. The molecule has 1 heterocycles. The number of rotatable bonds is 0. The molecule has 7 heavy (non-hydrogen) atoms. The Morgan fingerprint density at radius 2 is 2.43 bits per heavy atom. The largest absolute Gasteiger partial charge is 0.254 e. The number of amidine groups is 1. The Hall–Kier alpha value is -0.180. The summed E-state index contributed by atoms with van der Waals surface area (Å²) in [5.74, 6) is 0. The summed E-state index contributed by atoms with van der Waals surface area (Å²) in [5, 5.41) is 0. The Labute approximate surface area is 50.5 Å². The molecule has 0 aromatic rings. The first kappa shape index (κ1) is 4.97. The molecule has 0 aromatic carbocycles. The van der Waals surface area contributed by atoms with Gasteiger partial charge in [-0.05, 0) is 22.9 Å². The molecule has 0 bridgehead atoms. The van der Waals surface area contributed by atoms with E-state index in [1.807, 2.05) is 6.92 Å². The van der Waals surface area contributed by atoms with E-state index in [1.54, 1.807) is 0 Å². The van der Waals surface area contributed by atoms with Crippen molar-refractivity contribution in [1.29, 1.82) is 0 Å². The van der Waals surface area contributed by atoms with Crippen molar-refractivity contribution in [2.24, 2.45) is 9.98 Å². The van der Waals surface area contributed by atoms with E-state index in [-0.39, 0.29) is 0 Å². The van der Waals surface area contributed by atoms with Crippen molar-refractivity contribution in [3.63, 3.8) is 0 Å². The molecule has 0 N–H and O–H groups in total. The zero-order valence-electron chi connectivity index (χ0n) is 3.98. The molecule has 0 saturated carbocycles. The Morgan fingerprint density at radius 3 is 2.57 bits per heavy atom. The molecule has 0 atom stereocenters. The van der Waals surface area contributed by atoms with Gasteiger partial charge in [0.15, 0.2) is 4.74 Å². The summed E-state index contributed by atoms with van der Waals surface area (Å²) in [6.45, 7) is 2.72. The Bertz CT molecular complexity index is 137. The van der Waals surface area contributed by atoms with Crippen molar-refractivity contribution < 1.29 is 0 Å².